The maximum Gasteiger partial charge on any atom is 0.265 e. The van der Waals surface area contributed by atoms with E-state index in [0.29, 0.717) is 12.1 Å². The molecule has 1 heterocycles. The highest BCUT2D eigenvalue weighted by molar-refractivity contribution is 5.95. The van der Waals surface area contributed by atoms with E-state index in [1.54, 1.807) is 18.6 Å². The lowest BCUT2D eigenvalue weighted by atomic mass is 10.1. The second-order valence-corrected chi connectivity index (χ2v) is 4.43. The summed E-state index contributed by atoms with van der Waals surface area (Å²) in [7, 11) is 1.99. The fourth-order valence-electron chi connectivity index (χ4n) is 2.00. The molecule has 0 radical (unpaired) electrons. The molecule has 0 aliphatic heterocycles. The maximum atomic E-state index is 11.7. The summed E-state index contributed by atoms with van der Waals surface area (Å²) in [5, 5.41) is 0. The number of rotatable bonds is 5. The van der Waals surface area contributed by atoms with Gasteiger partial charge in [-0.3, -0.25) is 15.1 Å². The van der Waals surface area contributed by atoms with Gasteiger partial charge in [0.25, 0.3) is 5.91 Å². The summed E-state index contributed by atoms with van der Waals surface area (Å²) in [4.78, 5) is 13.8. The summed E-state index contributed by atoms with van der Waals surface area (Å²) in [6.07, 6.45) is 3.37. The van der Waals surface area contributed by atoms with Crippen molar-refractivity contribution in [3.05, 3.63) is 59.5 Å². The Morgan fingerprint density at radius 3 is 2.79 bits per heavy atom. The van der Waals surface area contributed by atoms with Crippen LogP contribution < -0.4 is 11.3 Å². The van der Waals surface area contributed by atoms with E-state index >= 15 is 0 Å². The first-order valence-corrected chi connectivity index (χ1v) is 5.99. The third-order valence-electron chi connectivity index (χ3n) is 2.87. The molecule has 19 heavy (non-hydrogen) atoms. The Balaban J connectivity index is 2.08. The first-order chi connectivity index (χ1) is 9.20. The SMILES string of the molecule is CN(Cc1ccoc1)Cc1ccccc1C(=O)NN. The number of benzene rings is 1. The number of nitrogens with two attached hydrogens (primary N) is 1. The van der Waals surface area contributed by atoms with Gasteiger partial charge in [-0.05, 0) is 24.7 Å². The molecule has 0 atom stereocenters. The highest BCUT2D eigenvalue weighted by Gasteiger charge is 2.11. The first-order valence-electron chi connectivity index (χ1n) is 5.99. The Bertz CT molecular complexity index is 537. The summed E-state index contributed by atoms with van der Waals surface area (Å²) in [5.41, 5.74) is 4.81. The molecule has 0 bridgehead atoms. The molecule has 5 nitrogen and oxygen atoms in total. The van der Waals surface area contributed by atoms with Gasteiger partial charge in [0.1, 0.15) is 0 Å². The van der Waals surface area contributed by atoms with Crippen LogP contribution in [0, 0.1) is 0 Å². The number of carbonyl (C=O) groups is 1. The average Bonchev–Trinajstić information content (AvgIpc) is 2.91. The Hall–Kier alpha value is -2.11. The molecule has 0 aliphatic rings. The van der Waals surface area contributed by atoms with E-state index in [0.717, 1.165) is 17.7 Å². The Morgan fingerprint density at radius 1 is 1.32 bits per heavy atom. The van der Waals surface area contributed by atoms with Crippen LogP contribution in [-0.2, 0) is 13.1 Å². The molecule has 2 rings (SSSR count). The third kappa shape index (κ3) is 3.43. The van der Waals surface area contributed by atoms with Crippen LogP contribution in [0.15, 0.2) is 47.3 Å². The topological polar surface area (TPSA) is 71.5 Å². The van der Waals surface area contributed by atoms with Crippen LogP contribution in [0.5, 0.6) is 0 Å². The van der Waals surface area contributed by atoms with Gasteiger partial charge in [-0.15, -0.1) is 0 Å². The number of nitrogens with one attached hydrogen (secondary N) is 1. The highest BCUT2D eigenvalue weighted by atomic mass is 16.3. The largest absolute Gasteiger partial charge is 0.472 e. The lowest BCUT2D eigenvalue weighted by Gasteiger charge is -2.17. The zero-order valence-corrected chi connectivity index (χ0v) is 10.8. The van der Waals surface area contributed by atoms with Gasteiger partial charge >= 0.3 is 0 Å². The van der Waals surface area contributed by atoms with Gasteiger partial charge in [-0.2, -0.15) is 0 Å². The molecule has 0 aliphatic carbocycles. The van der Waals surface area contributed by atoms with Crippen LogP contribution in [0.3, 0.4) is 0 Å². The second kappa shape index (κ2) is 6.17. The zero-order chi connectivity index (χ0) is 13.7. The van der Waals surface area contributed by atoms with Crippen molar-refractivity contribution in [2.24, 2.45) is 5.84 Å². The number of furan rings is 1. The molecule has 1 amide bonds. The molecule has 2 aromatic rings. The number of hydrazine groups is 1. The maximum absolute atomic E-state index is 11.7. The average molecular weight is 259 g/mol. The van der Waals surface area contributed by atoms with Gasteiger partial charge in [0, 0.05) is 24.2 Å². The minimum atomic E-state index is -0.271. The fourth-order valence-corrected chi connectivity index (χ4v) is 2.00. The van der Waals surface area contributed by atoms with E-state index in [-0.39, 0.29) is 5.91 Å². The van der Waals surface area contributed by atoms with Crippen LogP contribution in [0.1, 0.15) is 21.5 Å². The first kappa shape index (κ1) is 13.3. The summed E-state index contributed by atoms with van der Waals surface area (Å²) in [6.45, 7) is 1.42. The minimum Gasteiger partial charge on any atom is -0.472 e. The molecule has 100 valence electrons. The van der Waals surface area contributed by atoms with E-state index in [4.69, 9.17) is 10.3 Å². The summed E-state index contributed by atoms with van der Waals surface area (Å²) in [6, 6.07) is 9.35. The molecule has 1 aromatic carbocycles. The summed E-state index contributed by atoms with van der Waals surface area (Å²) < 4.78 is 5.04. The number of nitrogens with zero attached hydrogens (tertiary/aromatic N) is 1. The van der Waals surface area contributed by atoms with Crippen molar-refractivity contribution < 1.29 is 9.21 Å². The van der Waals surface area contributed by atoms with Crippen LogP contribution in [0.2, 0.25) is 0 Å². The van der Waals surface area contributed by atoms with Crippen molar-refractivity contribution in [1.82, 2.24) is 10.3 Å². The molecule has 0 saturated carbocycles. The van der Waals surface area contributed by atoms with Crippen molar-refractivity contribution >= 4 is 5.91 Å². The third-order valence-corrected chi connectivity index (χ3v) is 2.87. The van der Waals surface area contributed by atoms with Crippen molar-refractivity contribution in [2.75, 3.05) is 7.05 Å². The van der Waals surface area contributed by atoms with E-state index in [1.165, 1.54) is 0 Å². The lowest BCUT2D eigenvalue weighted by Crippen LogP contribution is -2.31. The fraction of sp³-hybridized carbons (Fsp3) is 0.214. The van der Waals surface area contributed by atoms with E-state index in [2.05, 4.69) is 10.3 Å². The minimum absolute atomic E-state index is 0.271. The molecule has 0 unspecified atom stereocenters. The normalized spacial score (nSPS) is 10.7. The van der Waals surface area contributed by atoms with E-state index < -0.39 is 0 Å². The smallest absolute Gasteiger partial charge is 0.265 e. The second-order valence-electron chi connectivity index (χ2n) is 4.43. The number of hydrogen-bond acceptors (Lipinski definition) is 4. The van der Waals surface area contributed by atoms with Gasteiger partial charge in [-0.1, -0.05) is 18.2 Å². The van der Waals surface area contributed by atoms with Gasteiger partial charge in [0.05, 0.1) is 12.5 Å². The van der Waals surface area contributed by atoms with Crippen LogP contribution in [-0.4, -0.2) is 17.9 Å². The standard InChI is InChI=1S/C14H17N3O2/c1-17(8-11-6-7-19-10-11)9-12-4-2-3-5-13(12)14(18)16-15/h2-7,10H,8-9,15H2,1H3,(H,16,18). The van der Waals surface area contributed by atoms with Gasteiger partial charge in [0.2, 0.25) is 0 Å². The van der Waals surface area contributed by atoms with Gasteiger partial charge < -0.3 is 4.42 Å². The molecule has 3 N–H and O–H groups in total. The van der Waals surface area contributed by atoms with Crippen LogP contribution >= 0.6 is 0 Å². The van der Waals surface area contributed by atoms with Crippen molar-refractivity contribution in [2.45, 2.75) is 13.1 Å². The molecule has 0 spiro atoms. The van der Waals surface area contributed by atoms with Crippen molar-refractivity contribution in [1.29, 1.82) is 0 Å². The number of hydrogen-bond donors (Lipinski definition) is 2. The predicted octanol–water partition coefficient (Wildman–Crippen LogP) is 1.52. The molecule has 1 aromatic heterocycles. The molecule has 0 saturated heterocycles. The van der Waals surface area contributed by atoms with Crippen LogP contribution in [0.25, 0.3) is 0 Å². The lowest BCUT2D eigenvalue weighted by molar-refractivity contribution is 0.0952. The monoisotopic (exact) mass is 259 g/mol. The quantitative estimate of drug-likeness (QED) is 0.485. The predicted molar refractivity (Wildman–Crippen MR) is 72.0 cm³/mol. The van der Waals surface area contributed by atoms with Crippen LogP contribution in [0.4, 0.5) is 0 Å². The number of nitrogen functional groups attached to an aromatic ring is 1. The molecule has 0 fully saturated rings. The Morgan fingerprint density at radius 2 is 2.11 bits per heavy atom. The Kier molecular flexibility index (Phi) is 4.33. The molecular formula is C14H17N3O2. The number of amides is 1. The highest BCUT2D eigenvalue weighted by Crippen LogP contribution is 2.13. The molecular weight excluding hydrogens is 242 g/mol. The van der Waals surface area contributed by atoms with E-state index in [9.17, 15) is 4.79 Å². The summed E-state index contributed by atoms with van der Waals surface area (Å²) >= 11 is 0. The van der Waals surface area contributed by atoms with Gasteiger partial charge in [0.15, 0.2) is 0 Å². The molecule has 5 heteroatoms. The van der Waals surface area contributed by atoms with Crippen molar-refractivity contribution in [3.63, 3.8) is 0 Å². The van der Waals surface area contributed by atoms with Crippen molar-refractivity contribution in [3.8, 4) is 0 Å². The van der Waals surface area contributed by atoms with E-state index in [1.807, 2.05) is 31.3 Å². The van der Waals surface area contributed by atoms with Gasteiger partial charge in [-0.25, -0.2) is 5.84 Å². The summed E-state index contributed by atoms with van der Waals surface area (Å²) in [5.74, 6) is 4.92. The zero-order valence-electron chi connectivity index (χ0n) is 10.8. The number of carbonyl (C=O) groups excluding carboxylic acids is 1. The Labute approximate surface area is 112 Å².